The summed E-state index contributed by atoms with van der Waals surface area (Å²) in [7, 11) is 0. The topological polar surface area (TPSA) is 12.0 Å². The number of hydrogen-bond acceptors (Lipinski definition) is 3. The first-order valence-corrected chi connectivity index (χ1v) is 8.28. The van der Waals surface area contributed by atoms with E-state index in [4.69, 9.17) is 0 Å². The SMILES string of the molecule is CSCCCCNC(c1cccs1)C(C)C. The molecule has 0 spiro atoms. The first kappa shape index (κ1) is 14.1. The molecule has 1 unspecified atom stereocenters. The molecule has 0 aliphatic rings. The third-order valence-corrected chi connectivity index (χ3v) is 4.31. The minimum atomic E-state index is 0.536. The second-order valence-corrected chi connectivity index (χ2v) is 6.36. The van der Waals surface area contributed by atoms with Gasteiger partial charge in [-0.15, -0.1) is 11.3 Å². The van der Waals surface area contributed by atoms with Crippen LogP contribution in [0, 0.1) is 5.92 Å². The summed E-state index contributed by atoms with van der Waals surface area (Å²) >= 11 is 3.80. The van der Waals surface area contributed by atoms with Crippen LogP contribution >= 0.6 is 23.1 Å². The Morgan fingerprint density at radius 2 is 2.19 bits per heavy atom. The van der Waals surface area contributed by atoms with E-state index in [1.54, 1.807) is 0 Å². The average molecular weight is 257 g/mol. The molecule has 1 nitrogen and oxygen atoms in total. The Balaban J connectivity index is 2.30. The van der Waals surface area contributed by atoms with E-state index in [9.17, 15) is 0 Å². The van der Waals surface area contributed by atoms with Crippen molar-refractivity contribution in [1.29, 1.82) is 0 Å². The molecule has 0 bridgehead atoms. The number of nitrogens with one attached hydrogen (secondary N) is 1. The predicted molar refractivity (Wildman–Crippen MR) is 77.5 cm³/mol. The fraction of sp³-hybridized carbons (Fsp3) is 0.692. The van der Waals surface area contributed by atoms with Crippen LogP contribution in [0.15, 0.2) is 17.5 Å². The second-order valence-electron chi connectivity index (χ2n) is 4.39. The highest BCUT2D eigenvalue weighted by Crippen LogP contribution is 2.25. The lowest BCUT2D eigenvalue weighted by molar-refractivity contribution is 0.414. The largest absolute Gasteiger partial charge is 0.309 e. The van der Waals surface area contributed by atoms with Gasteiger partial charge in [0, 0.05) is 10.9 Å². The molecular formula is C13H23NS2. The molecule has 0 radical (unpaired) electrons. The fourth-order valence-electron chi connectivity index (χ4n) is 1.76. The van der Waals surface area contributed by atoms with Crippen LogP contribution in [0.2, 0.25) is 0 Å². The van der Waals surface area contributed by atoms with Gasteiger partial charge in [0.2, 0.25) is 0 Å². The van der Waals surface area contributed by atoms with Gasteiger partial charge in [-0.25, -0.2) is 0 Å². The van der Waals surface area contributed by atoms with Gasteiger partial charge in [0.15, 0.2) is 0 Å². The van der Waals surface area contributed by atoms with Crippen molar-refractivity contribution in [3.8, 4) is 0 Å². The quantitative estimate of drug-likeness (QED) is 0.701. The van der Waals surface area contributed by atoms with Crippen molar-refractivity contribution in [2.24, 2.45) is 5.92 Å². The maximum Gasteiger partial charge on any atom is 0.0438 e. The van der Waals surface area contributed by atoms with Gasteiger partial charge in [-0.1, -0.05) is 19.9 Å². The molecule has 1 aromatic rings. The van der Waals surface area contributed by atoms with Crippen LogP contribution < -0.4 is 5.32 Å². The zero-order valence-corrected chi connectivity index (χ0v) is 12.2. The Morgan fingerprint density at radius 3 is 2.75 bits per heavy atom. The molecule has 1 atom stereocenters. The molecule has 0 saturated carbocycles. The molecule has 1 N–H and O–H groups in total. The second kappa shape index (κ2) is 8.15. The summed E-state index contributed by atoms with van der Waals surface area (Å²) < 4.78 is 0. The van der Waals surface area contributed by atoms with Crippen LogP contribution in [0.4, 0.5) is 0 Å². The van der Waals surface area contributed by atoms with E-state index in [0.717, 1.165) is 6.54 Å². The monoisotopic (exact) mass is 257 g/mol. The van der Waals surface area contributed by atoms with Crippen LogP contribution in [0.25, 0.3) is 0 Å². The van der Waals surface area contributed by atoms with E-state index in [2.05, 4.69) is 42.9 Å². The van der Waals surface area contributed by atoms with Gasteiger partial charge in [-0.05, 0) is 48.8 Å². The summed E-state index contributed by atoms with van der Waals surface area (Å²) in [6.07, 6.45) is 4.79. The summed E-state index contributed by atoms with van der Waals surface area (Å²) in [5.41, 5.74) is 0. The Morgan fingerprint density at radius 1 is 1.38 bits per heavy atom. The highest BCUT2D eigenvalue weighted by molar-refractivity contribution is 7.98. The Labute approximate surface area is 108 Å². The van der Waals surface area contributed by atoms with Crippen molar-refractivity contribution in [3.05, 3.63) is 22.4 Å². The van der Waals surface area contributed by atoms with Gasteiger partial charge in [0.25, 0.3) is 0 Å². The molecule has 1 aromatic heterocycles. The van der Waals surface area contributed by atoms with Crippen molar-refractivity contribution < 1.29 is 0 Å². The summed E-state index contributed by atoms with van der Waals surface area (Å²) in [6, 6.07) is 4.92. The van der Waals surface area contributed by atoms with Crippen LogP contribution in [0.1, 0.15) is 37.6 Å². The summed E-state index contributed by atoms with van der Waals surface area (Å²) in [4.78, 5) is 1.47. The molecule has 92 valence electrons. The van der Waals surface area contributed by atoms with Crippen molar-refractivity contribution >= 4 is 23.1 Å². The number of thiophene rings is 1. The van der Waals surface area contributed by atoms with Gasteiger partial charge in [0.05, 0.1) is 0 Å². The Hall–Kier alpha value is 0.01000. The minimum absolute atomic E-state index is 0.536. The molecule has 0 aromatic carbocycles. The maximum absolute atomic E-state index is 3.68. The smallest absolute Gasteiger partial charge is 0.0438 e. The summed E-state index contributed by atoms with van der Waals surface area (Å²) in [5, 5.41) is 5.85. The number of thioether (sulfide) groups is 1. The van der Waals surface area contributed by atoms with Crippen molar-refractivity contribution in [2.45, 2.75) is 32.7 Å². The number of unbranched alkanes of at least 4 members (excludes halogenated alkanes) is 1. The number of rotatable bonds is 8. The lowest BCUT2D eigenvalue weighted by Crippen LogP contribution is -2.26. The van der Waals surface area contributed by atoms with Crippen LogP contribution in [0.5, 0.6) is 0 Å². The molecule has 0 aliphatic heterocycles. The van der Waals surface area contributed by atoms with Gasteiger partial charge < -0.3 is 5.32 Å². The number of hydrogen-bond donors (Lipinski definition) is 1. The highest BCUT2D eigenvalue weighted by Gasteiger charge is 2.15. The van der Waals surface area contributed by atoms with E-state index in [1.807, 2.05) is 23.1 Å². The van der Waals surface area contributed by atoms with Crippen molar-refractivity contribution in [3.63, 3.8) is 0 Å². The van der Waals surface area contributed by atoms with E-state index < -0.39 is 0 Å². The van der Waals surface area contributed by atoms with E-state index in [1.165, 1.54) is 23.5 Å². The average Bonchev–Trinajstić information content (AvgIpc) is 2.76. The van der Waals surface area contributed by atoms with Crippen LogP contribution in [-0.4, -0.2) is 18.6 Å². The van der Waals surface area contributed by atoms with Gasteiger partial charge >= 0.3 is 0 Å². The van der Waals surface area contributed by atoms with Crippen molar-refractivity contribution in [2.75, 3.05) is 18.6 Å². The minimum Gasteiger partial charge on any atom is -0.309 e. The van der Waals surface area contributed by atoms with E-state index in [-0.39, 0.29) is 0 Å². The van der Waals surface area contributed by atoms with Gasteiger partial charge in [-0.2, -0.15) is 11.8 Å². The molecule has 0 fully saturated rings. The zero-order chi connectivity index (χ0) is 11.8. The summed E-state index contributed by atoms with van der Waals surface area (Å²) in [5.74, 6) is 1.95. The molecule has 1 heterocycles. The molecule has 0 amide bonds. The standard InChI is InChI=1S/C13H23NS2/c1-11(2)13(12-7-6-10-16-12)14-8-4-5-9-15-3/h6-7,10-11,13-14H,4-5,8-9H2,1-3H3. The third-order valence-electron chi connectivity index (χ3n) is 2.66. The lowest BCUT2D eigenvalue weighted by atomic mass is 10.0. The Bertz CT molecular complexity index is 257. The fourth-order valence-corrected chi connectivity index (χ4v) is 3.23. The molecule has 0 saturated heterocycles. The normalized spacial score (nSPS) is 13.2. The molecule has 3 heteroatoms. The zero-order valence-electron chi connectivity index (χ0n) is 10.5. The first-order chi connectivity index (χ1) is 7.75. The van der Waals surface area contributed by atoms with Crippen LogP contribution in [-0.2, 0) is 0 Å². The predicted octanol–water partition coefficient (Wildman–Crippen LogP) is 4.18. The highest BCUT2D eigenvalue weighted by atomic mass is 32.2. The summed E-state index contributed by atoms with van der Waals surface area (Å²) in [6.45, 7) is 5.72. The van der Waals surface area contributed by atoms with Crippen LogP contribution in [0.3, 0.4) is 0 Å². The van der Waals surface area contributed by atoms with Gasteiger partial charge in [0.1, 0.15) is 0 Å². The van der Waals surface area contributed by atoms with Gasteiger partial charge in [-0.3, -0.25) is 0 Å². The van der Waals surface area contributed by atoms with E-state index >= 15 is 0 Å². The molecule has 0 aliphatic carbocycles. The lowest BCUT2D eigenvalue weighted by Gasteiger charge is -2.21. The van der Waals surface area contributed by atoms with E-state index in [0.29, 0.717) is 12.0 Å². The maximum atomic E-state index is 3.68. The van der Waals surface area contributed by atoms with Crippen molar-refractivity contribution in [1.82, 2.24) is 5.32 Å². The Kier molecular flexibility index (Phi) is 7.17. The first-order valence-electron chi connectivity index (χ1n) is 6.01. The molecule has 16 heavy (non-hydrogen) atoms. The molecule has 1 rings (SSSR count). The third kappa shape index (κ3) is 4.89. The molecular weight excluding hydrogens is 234 g/mol.